The number of rotatable bonds is 11. The first-order valence-electron chi connectivity index (χ1n) is 8.44. The largest absolute Gasteiger partial charge is 0.305 e. The van der Waals surface area contributed by atoms with Gasteiger partial charge in [-0.25, -0.2) is 0 Å². The average molecular weight is 362 g/mol. The van der Waals surface area contributed by atoms with Crippen molar-refractivity contribution >= 4 is 36.3 Å². The van der Waals surface area contributed by atoms with Crippen molar-refractivity contribution < 1.29 is 9.59 Å². The van der Waals surface area contributed by atoms with E-state index < -0.39 is 4.33 Å². The minimum atomic E-state index is -0.583. The Bertz CT molecular complexity index is 339. The Hall–Kier alpha value is -0.400. The highest BCUT2D eigenvalue weighted by molar-refractivity contribution is 8.18. The monoisotopic (exact) mass is 361 g/mol. The van der Waals surface area contributed by atoms with Crippen LogP contribution in [0.5, 0.6) is 0 Å². The Kier molecular flexibility index (Phi) is 9.39. The Morgan fingerprint density at radius 2 is 1.39 bits per heavy atom. The van der Waals surface area contributed by atoms with E-state index in [9.17, 15) is 9.59 Å². The van der Waals surface area contributed by atoms with Gasteiger partial charge in [-0.1, -0.05) is 50.2 Å². The van der Waals surface area contributed by atoms with Gasteiger partial charge in [-0.15, -0.1) is 0 Å². The normalized spacial score (nSPS) is 18.0. The molecule has 0 spiro atoms. The molecule has 0 N–H and O–H groups in total. The van der Waals surface area contributed by atoms with Crippen LogP contribution in [0.25, 0.3) is 0 Å². The molecule has 7 heteroatoms. The van der Waals surface area contributed by atoms with E-state index >= 15 is 0 Å². The average Bonchev–Trinajstić information content (AvgIpc) is 2.56. The van der Waals surface area contributed by atoms with Gasteiger partial charge in [-0.05, 0) is 26.9 Å². The number of amides is 2. The molecule has 0 saturated carbocycles. The lowest BCUT2D eigenvalue weighted by molar-refractivity contribution is -0.129. The predicted octanol–water partition coefficient (Wildman–Crippen LogP) is 2.52. The molecule has 134 valence electrons. The van der Waals surface area contributed by atoms with Gasteiger partial charge in [-0.2, -0.15) is 0 Å². The molecule has 1 saturated heterocycles. The molecule has 0 aromatic carbocycles. The maximum absolute atomic E-state index is 11.8. The fourth-order valence-electron chi connectivity index (χ4n) is 2.47. The van der Waals surface area contributed by atoms with Crippen LogP contribution in [-0.4, -0.2) is 76.6 Å². The van der Waals surface area contributed by atoms with Gasteiger partial charge < -0.3 is 14.7 Å². The summed E-state index contributed by atoms with van der Waals surface area (Å²) in [5.74, 6) is 1.85. The van der Waals surface area contributed by atoms with E-state index in [1.54, 1.807) is 23.5 Å². The van der Waals surface area contributed by atoms with Crippen molar-refractivity contribution in [3.8, 4) is 0 Å². The molecule has 0 aliphatic carbocycles. The molecule has 1 heterocycles. The van der Waals surface area contributed by atoms with Gasteiger partial charge in [0, 0.05) is 30.6 Å². The van der Waals surface area contributed by atoms with Crippen LogP contribution in [0.2, 0.25) is 0 Å². The molecule has 0 aromatic rings. The SMILES string of the molecule is CCCCN(C=O)C1(N(C=O)CCCC)SCC(N(C)C)CS1. The van der Waals surface area contributed by atoms with Crippen molar-refractivity contribution in [2.45, 2.75) is 49.9 Å². The number of thioether (sulfide) groups is 2. The minimum absolute atomic E-state index is 0.470. The van der Waals surface area contributed by atoms with Gasteiger partial charge in [0.05, 0.1) is 0 Å². The first kappa shape index (κ1) is 20.6. The Morgan fingerprint density at radius 1 is 0.957 bits per heavy atom. The van der Waals surface area contributed by atoms with Gasteiger partial charge in [0.25, 0.3) is 0 Å². The quantitative estimate of drug-likeness (QED) is 0.418. The topological polar surface area (TPSA) is 43.9 Å². The summed E-state index contributed by atoms with van der Waals surface area (Å²) < 4.78 is -0.583. The lowest BCUT2D eigenvalue weighted by Crippen LogP contribution is -2.59. The molecule has 2 amide bonds. The Labute approximate surface area is 149 Å². The zero-order chi connectivity index (χ0) is 17.3. The van der Waals surface area contributed by atoms with Crippen molar-refractivity contribution in [2.75, 3.05) is 38.7 Å². The van der Waals surface area contributed by atoms with Crippen LogP contribution in [0.1, 0.15) is 39.5 Å². The number of hydrogen-bond acceptors (Lipinski definition) is 5. The molecular weight excluding hydrogens is 330 g/mol. The minimum Gasteiger partial charge on any atom is -0.305 e. The number of hydrogen-bond donors (Lipinski definition) is 0. The Balaban J connectivity index is 2.99. The van der Waals surface area contributed by atoms with Crippen LogP contribution in [0, 0.1) is 0 Å². The van der Waals surface area contributed by atoms with Crippen LogP contribution in [0.4, 0.5) is 0 Å². The highest BCUT2D eigenvalue weighted by atomic mass is 32.2. The zero-order valence-electron chi connectivity index (χ0n) is 14.9. The summed E-state index contributed by atoms with van der Waals surface area (Å²) in [6.07, 6.45) is 5.83. The van der Waals surface area contributed by atoms with Gasteiger partial charge in [0.1, 0.15) is 0 Å². The molecule has 1 rings (SSSR count). The van der Waals surface area contributed by atoms with Gasteiger partial charge in [0.2, 0.25) is 17.1 Å². The summed E-state index contributed by atoms with van der Waals surface area (Å²) in [5, 5.41) is 0. The van der Waals surface area contributed by atoms with Crippen molar-refractivity contribution in [1.29, 1.82) is 0 Å². The number of carbonyl (C=O) groups excluding carboxylic acids is 2. The summed E-state index contributed by atoms with van der Waals surface area (Å²) in [6, 6.07) is 0.470. The summed E-state index contributed by atoms with van der Waals surface area (Å²) in [7, 11) is 4.17. The highest BCUT2D eigenvalue weighted by Crippen LogP contribution is 2.47. The van der Waals surface area contributed by atoms with E-state index in [1.165, 1.54) is 0 Å². The van der Waals surface area contributed by atoms with Crippen LogP contribution in [0.3, 0.4) is 0 Å². The first-order chi connectivity index (χ1) is 11.1. The molecule has 1 aliphatic rings. The van der Waals surface area contributed by atoms with Crippen molar-refractivity contribution in [2.24, 2.45) is 0 Å². The maximum atomic E-state index is 11.8. The molecule has 0 aromatic heterocycles. The highest BCUT2D eigenvalue weighted by Gasteiger charge is 2.46. The van der Waals surface area contributed by atoms with Gasteiger partial charge in [-0.3, -0.25) is 9.59 Å². The third-order valence-corrected chi connectivity index (χ3v) is 7.64. The molecule has 0 radical (unpaired) electrons. The van der Waals surface area contributed by atoms with Gasteiger partial charge in [0.15, 0.2) is 0 Å². The second kappa shape index (κ2) is 10.5. The standard InChI is InChI=1S/C16H31N3O2S2/c1-5-7-9-18(13-20)16(19(14-21)10-8-6-2)22-11-15(12-23-16)17(3)4/h13-15H,5-12H2,1-4H3. The van der Waals surface area contributed by atoms with Crippen LogP contribution in [0.15, 0.2) is 0 Å². The number of nitrogens with zero attached hydrogens (tertiary/aromatic N) is 3. The second-order valence-electron chi connectivity index (χ2n) is 6.09. The first-order valence-corrected chi connectivity index (χ1v) is 10.4. The van der Waals surface area contributed by atoms with E-state index in [1.807, 2.05) is 9.80 Å². The molecule has 0 bridgehead atoms. The smallest absolute Gasteiger partial charge is 0.215 e. The molecule has 0 unspecified atom stereocenters. The predicted molar refractivity (Wildman–Crippen MR) is 100 cm³/mol. The fourth-order valence-corrected chi connectivity index (χ4v) is 6.21. The van der Waals surface area contributed by atoms with Crippen LogP contribution in [-0.2, 0) is 9.59 Å². The zero-order valence-corrected chi connectivity index (χ0v) is 16.5. The van der Waals surface area contributed by atoms with Crippen LogP contribution >= 0.6 is 23.5 Å². The molecule has 23 heavy (non-hydrogen) atoms. The van der Waals surface area contributed by atoms with Crippen molar-refractivity contribution in [3.05, 3.63) is 0 Å². The lowest BCUT2D eigenvalue weighted by atomic mass is 10.3. The Morgan fingerprint density at radius 3 is 1.70 bits per heavy atom. The molecule has 0 atom stereocenters. The lowest BCUT2D eigenvalue weighted by Gasteiger charge is -2.50. The van der Waals surface area contributed by atoms with Crippen LogP contribution < -0.4 is 0 Å². The van der Waals surface area contributed by atoms with Crippen molar-refractivity contribution in [3.63, 3.8) is 0 Å². The maximum Gasteiger partial charge on any atom is 0.215 e. The molecule has 5 nitrogen and oxygen atoms in total. The summed E-state index contributed by atoms with van der Waals surface area (Å²) in [5.41, 5.74) is 0. The van der Waals surface area contributed by atoms with Gasteiger partial charge >= 0.3 is 0 Å². The number of carbonyl (C=O) groups is 2. The molecule has 1 fully saturated rings. The van der Waals surface area contributed by atoms with E-state index in [-0.39, 0.29) is 0 Å². The summed E-state index contributed by atoms with van der Waals surface area (Å²) >= 11 is 3.45. The van der Waals surface area contributed by atoms with Crippen molar-refractivity contribution in [1.82, 2.24) is 14.7 Å². The van der Waals surface area contributed by atoms with E-state index in [0.29, 0.717) is 19.1 Å². The summed E-state index contributed by atoms with van der Waals surface area (Å²) in [6.45, 7) is 5.63. The van der Waals surface area contributed by atoms with E-state index in [0.717, 1.165) is 50.0 Å². The fraction of sp³-hybridized carbons (Fsp3) is 0.875. The number of unbranched alkanes of at least 4 members (excludes halogenated alkanes) is 2. The van der Waals surface area contributed by atoms with E-state index in [2.05, 4.69) is 32.8 Å². The third kappa shape index (κ3) is 5.29. The third-order valence-electron chi connectivity index (χ3n) is 4.14. The molecule has 1 aliphatic heterocycles. The molecular formula is C16H31N3O2S2. The van der Waals surface area contributed by atoms with E-state index in [4.69, 9.17) is 0 Å². The summed E-state index contributed by atoms with van der Waals surface area (Å²) in [4.78, 5) is 29.4. The second-order valence-corrected chi connectivity index (χ2v) is 8.73.